The predicted octanol–water partition coefficient (Wildman–Crippen LogP) is 4.78. The summed E-state index contributed by atoms with van der Waals surface area (Å²) in [5, 5.41) is 0. The molecule has 1 aliphatic heterocycles. The van der Waals surface area contributed by atoms with Crippen molar-refractivity contribution in [1.82, 2.24) is 0 Å². The average Bonchev–Trinajstić information content (AvgIpc) is 3.02. The number of carbonyl (C=O) groups excluding carboxylic acids is 2. The van der Waals surface area contributed by atoms with E-state index in [1.165, 1.54) is 11.1 Å². The van der Waals surface area contributed by atoms with Crippen molar-refractivity contribution in [2.24, 2.45) is 28.6 Å². The molecule has 4 fully saturated rings. The van der Waals surface area contributed by atoms with Crippen LogP contribution in [-0.2, 0) is 19.1 Å². The van der Waals surface area contributed by atoms with Crippen LogP contribution < -0.4 is 0 Å². The van der Waals surface area contributed by atoms with Gasteiger partial charge in [-0.1, -0.05) is 18.1 Å². The van der Waals surface area contributed by atoms with Crippen LogP contribution in [0.15, 0.2) is 23.3 Å². The van der Waals surface area contributed by atoms with Crippen molar-refractivity contribution >= 4 is 11.6 Å². The molecule has 3 saturated carbocycles. The van der Waals surface area contributed by atoms with Gasteiger partial charge < -0.3 is 9.47 Å². The zero-order valence-corrected chi connectivity index (χ0v) is 17.9. The zero-order valence-electron chi connectivity index (χ0n) is 17.9. The van der Waals surface area contributed by atoms with E-state index in [0.29, 0.717) is 30.1 Å². The minimum absolute atomic E-state index is 0.118. The van der Waals surface area contributed by atoms with E-state index in [4.69, 9.17) is 9.47 Å². The average molecular weight is 399 g/mol. The highest BCUT2D eigenvalue weighted by Crippen LogP contribution is 2.65. The number of ketones is 2. The maximum atomic E-state index is 12.7. The van der Waals surface area contributed by atoms with Gasteiger partial charge in [-0.2, -0.15) is 0 Å². The largest absolute Gasteiger partial charge is 0.353 e. The summed E-state index contributed by atoms with van der Waals surface area (Å²) in [6, 6.07) is 0. The summed E-state index contributed by atoms with van der Waals surface area (Å²) in [4.78, 5) is 25.0. The zero-order chi connectivity index (χ0) is 20.2. The number of carbonyl (C=O) groups is 2. The maximum Gasteiger partial charge on any atom is 0.178 e. The lowest BCUT2D eigenvalue weighted by molar-refractivity contribution is -0.184. The molecule has 0 radical (unpaired) electrons. The number of rotatable bonds is 3. The summed E-state index contributed by atoms with van der Waals surface area (Å²) in [5.41, 5.74) is 2.12. The topological polar surface area (TPSA) is 52.6 Å². The Morgan fingerprint density at radius 3 is 2.72 bits per heavy atom. The first-order valence-corrected chi connectivity index (χ1v) is 11.7. The van der Waals surface area contributed by atoms with Crippen LogP contribution >= 0.6 is 0 Å². The van der Waals surface area contributed by atoms with E-state index in [-0.39, 0.29) is 22.9 Å². The number of hydrogen-bond donors (Lipinski definition) is 0. The van der Waals surface area contributed by atoms with Crippen LogP contribution in [0.1, 0.15) is 71.6 Å². The lowest BCUT2D eigenvalue weighted by atomic mass is 9.46. The Bertz CT molecular complexity index is 774. The maximum absolute atomic E-state index is 12.7. The quantitative estimate of drug-likeness (QED) is 0.687. The van der Waals surface area contributed by atoms with Gasteiger partial charge >= 0.3 is 0 Å². The van der Waals surface area contributed by atoms with Crippen molar-refractivity contribution in [3.05, 3.63) is 23.3 Å². The molecule has 1 unspecified atom stereocenters. The van der Waals surface area contributed by atoms with E-state index in [1.807, 2.05) is 12.2 Å². The number of fused-ring (bicyclic) bond motifs is 5. The fourth-order valence-corrected chi connectivity index (χ4v) is 7.54. The van der Waals surface area contributed by atoms with Crippen molar-refractivity contribution in [2.75, 3.05) is 13.2 Å². The smallest absolute Gasteiger partial charge is 0.178 e. The lowest BCUT2D eigenvalue weighted by Crippen LogP contribution is -2.54. The van der Waals surface area contributed by atoms with Gasteiger partial charge in [0.05, 0.1) is 6.61 Å². The number of Topliss-reactive ketones (excluding diaryl/α,β-unsaturated/α-hetero) is 1. The van der Waals surface area contributed by atoms with E-state index in [2.05, 4.69) is 13.8 Å². The second-order valence-electron chi connectivity index (χ2n) is 10.3. The van der Waals surface area contributed by atoms with Gasteiger partial charge in [-0.25, -0.2) is 0 Å². The highest BCUT2D eigenvalue weighted by Gasteiger charge is 2.60. The summed E-state index contributed by atoms with van der Waals surface area (Å²) in [6.45, 7) is 5.74. The Labute approximate surface area is 174 Å². The van der Waals surface area contributed by atoms with Gasteiger partial charge in [0, 0.05) is 23.9 Å². The van der Waals surface area contributed by atoms with Gasteiger partial charge in [0.1, 0.15) is 5.78 Å². The Kier molecular flexibility index (Phi) is 4.86. The minimum Gasteiger partial charge on any atom is -0.353 e. The monoisotopic (exact) mass is 398 g/mol. The molecule has 158 valence electrons. The molecular weight excluding hydrogens is 364 g/mol. The molecule has 0 aromatic carbocycles. The number of hydrogen-bond acceptors (Lipinski definition) is 4. The van der Waals surface area contributed by atoms with E-state index >= 15 is 0 Å². The molecule has 0 aromatic heterocycles. The third-order valence-corrected chi connectivity index (χ3v) is 9.11. The molecule has 4 heteroatoms. The summed E-state index contributed by atoms with van der Waals surface area (Å²) >= 11 is 0. The van der Waals surface area contributed by atoms with Crippen LogP contribution in [0, 0.1) is 28.6 Å². The first-order chi connectivity index (χ1) is 13.9. The highest BCUT2D eigenvalue weighted by atomic mass is 16.7. The van der Waals surface area contributed by atoms with Crippen molar-refractivity contribution in [2.45, 2.75) is 77.9 Å². The molecule has 5 rings (SSSR count). The second kappa shape index (κ2) is 7.16. The summed E-state index contributed by atoms with van der Waals surface area (Å²) in [6.07, 6.45) is 12.7. The first kappa shape index (κ1) is 19.7. The predicted molar refractivity (Wildman–Crippen MR) is 110 cm³/mol. The van der Waals surface area contributed by atoms with Gasteiger partial charge in [0.25, 0.3) is 0 Å². The molecule has 4 aliphatic carbocycles. The van der Waals surface area contributed by atoms with E-state index in [9.17, 15) is 9.59 Å². The molecule has 29 heavy (non-hydrogen) atoms. The van der Waals surface area contributed by atoms with Crippen LogP contribution in [0.5, 0.6) is 0 Å². The minimum atomic E-state index is -0.190. The molecule has 0 aromatic rings. The molecule has 0 amide bonds. The van der Waals surface area contributed by atoms with E-state index < -0.39 is 0 Å². The molecular formula is C25H34O4. The Balaban J connectivity index is 1.49. The summed E-state index contributed by atoms with van der Waals surface area (Å²) in [7, 11) is 0. The van der Waals surface area contributed by atoms with Crippen molar-refractivity contribution in [1.29, 1.82) is 0 Å². The van der Waals surface area contributed by atoms with Gasteiger partial charge in [-0.15, -0.1) is 0 Å². The summed E-state index contributed by atoms with van der Waals surface area (Å²) in [5.74, 6) is 2.10. The number of ether oxygens (including phenoxy) is 2. The highest BCUT2D eigenvalue weighted by molar-refractivity contribution is 6.02. The van der Waals surface area contributed by atoms with Crippen molar-refractivity contribution in [3.8, 4) is 0 Å². The van der Waals surface area contributed by atoms with Crippen LogP contribution in [0.3, 0.4) is 0 Å². The number of allylic oxidation sites excluding steroid dienone is 2. The SMILES string of the molecule is CC1=CC(=O)C=C2CC[C@@H]3[C@H](CC[C@]4(C)C(=O)CC[C@@H]34)[C@@]12COC1CCCCO1. The van der Waals surface area contributed by atoms with E-state index in [1.54, 1.807) is 0 Å². The van der Waals surface area contributed by atoms with Crippen molar-refractivity contribution in [3.63, 3.8) is 0 Å². The summed E-state index contributed by atoms with van der Waals surface area (Å²) < 4.78 is 12.3. The first-order valence-electron chi connectivity index (χ1n) is 11.7. The molecule has 6 atom stereocenters. The van der Waals surface area contributed by atoms with Gasteiger partial charge in [-0.05, 0) is 88.2 Å². The third kappa shape index (κ3) is 2.93. The normalized spacial score (nSPS) is 44.5. The lowest BCUT2D eigenvalue weighted by Gasteiger charge is -2.58. The van der Waals surface area contributed by atoms with Crippen molar-refractivity contribution < 1.29 is 19.1 Å². The fraction of sp³-hybridized carbons (Fsp3) is 0.760. The van der Waals surface area contributed by atoms with Crippen LogP contribution in [-0.4, -0.2) is 31.1 Å². The Morgan fingerprint density at radius 2 is 1.93 bits per heavy atom. The van der Waals surface area contributed by atoms with Crippen LogP contribution in [0.25, 0.3) is 0 Å². The second-order valence-corrected chi connectivity index (χ2v) is 10.3. The van der Waals surface area contributed by atoms with Crippen LogP contribution in [0.4, 0.5) is 0 Å². The third-order valence-electron chi connectivity index (χ3n) is 9.11. The van der Waals surface area contributed by atoms with Gasteiger partial charge in [-0.3, -0.25) is 9.59 Å². The molecule has 0 N–H and O–H groups in total. The van der Waals surface area contributed by atoms with Gasteiger partial charge in [0.15, 0.2) is 12.1 Å². The van der Waals surface area contributed by atoms with Crippen LogP contribution in [0.2, 0.25) is 0 Å². The Morgan fingerprint density at radius 1 is 1.07 bits per heavy atom. The standard InChI is InChI=1S/C25H34O4/c1-16-13-18(26)14-17-6-7-19-20-8-9-22(27)24(20,2)11-10-21(19)25(16,17)15-29-23-5-3-4-12-28-23/h13-14,19-21,23H,3-12,15H2,1-2H3/t19-,20-,21-,23?,24-,25-/m0/s1. The molecule has 4 nitrogen and oxygen atoms in total. The van der Waals surface area contributed by atoms with Gasteiger partial charge in [0.2, 0.25) is 0 Å². The van der Waals surface area contributed by atoms with E-state index in [0.717, 1.165) is 64.4 Å². The molecule has 1 saturated heterocycles. The molecule has 0 bridgehead atoms. The molecule has 1 heterocycles. The molecule has 5 aliphatic rings. The fourth-order valence-electron chi connectivity index (χ4n) is 7.54. The Hall–Kier alpha value is -1.26. The molecule has 0 spiro atoms.